The second-order valence-electron chi connectivity index (χ2n) is 4.71. The number of aromatic nitrogens is 3. The molecule has 106 valence electrons. The summed E-state index contributed by atoms with van der Waals surface area (Å²) in [4.78, 5) is 12.7. The Morgan fingerprint density at radius 3 is 2.85 bits per heavy atom. The molecule has 2 aromatic heterocycles. The van der Waals surface area contributed by atoms with E-state index < -0.39 is 0 Å². The molecule has 20 heavy (non-hydrogen) atoms. The van der Waals surface area contributed by atoms with E-state index in [1.807, 2.05) is 19.1 Å². The molecule has 0 fully saturated rings. The molecule has 0 amide bonds. The van der Waals surface area contributed by atoms with Crippen LogP contribution in [0.15, 0.2) is 30.7 Å². The van der Waals surface area contributed by atoms with Crippen molar-refractivity contribution in [1.29, 1.82) is 0 Å². The number of rotatable bonds is 6. The van der Waals surface area contributed by atoms with Crippen molar-refractivity contribution in [3.05, 3.63) is 52.8 Å². The van der Waals surface area contributed by atoms with Crippen LogP contribution in [-0.4, -0.2) is 21.5 Å². The summed E-state index contributed by atoms with van der Waals surface area (Å²) in [5, 5.41) is 4.22. The van der Waals surface area contributed by atoms with Gasteiger partial charge in [0.2, 0.25) is 0 Å². The molecule has 1 N–H and O–H groups in total. The van der Waals surface area contributed by atoms with Gasteiger partial charge in [-0.05, 0) is 44.0 Å². The maximum atomic E-state index is 6.20. The first kappa shape index (κ1) is 14.9. The zero-order valence-corrected chi connectivity index (χ0v) is 12.6. The van der Waals surface area contributed by atoms with E-state index in [2.05, 4.69) is 27.2 Å². The topological polar surface area (TPSA) is 50.7 Å². The van der Waals surface area contributed by atoms with Crippen LogP contribution in [0.25, 0.3) is 0 Å². The molecule has 0 aliphatic heterocycles. The Balaban J connectivity index is 2.21. The fourth-order valence-electron chi connectivity index (χ4n) is 2.06. The minimum absolute atomic E-state index is 0.136. The zero-order chi connectivity index (χ0) is 14.4. The number of halogens is 1. The van der Waals surface area contributed by atoms with Crippen molar-refractivity contribution >= 4 is 11.6 Å². The fraction of sp³-hybridized carbons (Fsp3) is 0.400. The molecule has 5 heteroatoms. The van der Waals surface area contributed by atoms with E-state index in [-0.39, 0.29) is 6.04 Å². The van der Waals surface area contributed by atoms with Gasteiger partial charge in [0.05, 0.1) is 16.8 Å². The third-order valence-electron chi connectivity index (χ3n) is 3.08. The number of hydrogen-bond acceptors (Lipinski definition) is 4. The standard InChI is InChI=1S/C15H19ClN4/c1-3-6-19-15(14-5-8-18-11(2)20-14)9-12-4-7-17-10-13(12)16/h4-5,7-8,10,15,19H,3,6,9H2,1-2H3. The van der Waals surface area contributed by atoms with Crippen molar-refractivity contribution in [3.63, 3.8) is 0 Å². The van der Waals surface area contributed by atoms with Crippen molar-refractivity contribution < 1.29 is 0 Å². The van der Waals surface area contributed by atoms with Gasteiger partial charge in [0, 0.05) is 18.6 Å². The molecule has 0 spiro atoms. The molecule has 0 radical (unpaired) electrons. The molecule has 0 aromatic carbocycles. The predicted molar refractivity (Wildman–Crippen MR) is 80.8 cm³/mol. The van der Waals surface area contributed by atoms with E-state index in [1.165, 1.54) is 0 Å². The molecular formula is C15H19ClN4. The van der Waals surface area contributed by atoms with E-state index in [0.717, 1.165) is 36.5 Å². The third kappa shape index (κ3) is 3.99. The lowest BCUT2D eigenvalue weighted by Gasteiger charge is -2.19. The molecular weight excluding hydrogens is 272 g/mol. The van der Waals surface area contributed by atoms with Gasteiger partial charge in [-0.1, -0.05) is 18.5 Å². The summed E-state index contributed by atoms with van der Waals surface area (Å²) in [6.45, 7) is 4.99. The van der Waals surface area contributed by atoms with Crippen LogP contribution < -0.4 is 5.32 Å². The summed E-state index contributed by atoms with van der Waals surface area (Å²) in [6, 6.07) is 4.04. The highest BCUT2D eigenvalue weighted by Crippen LogP contribution is 2.21. The molecule has 0 bridgehead atoms. The largest absolute Gasteiger partial charge is 0.308 e. The van der Waals surface area contributed by atoms with Crippen LogP contribution in [0.3, 0.4) is 0 Å². The number of nitrogens with one attached hydrogen (secondary N) is 1. The van der Waals surface area contributed by atoms with Crippen LogP contribution in [0.5, 0.6) is 0 Å². The Kier molecular flexibility index (Phi) is 5.44. The molecule has 1 unspecified atom stereocenters. The summed E-state index contributed by atoms with van der Waals surface area (Å²) >= 11 is 6.20. The van der Waals surface area contributed by atoms with Gasteiger partial charge >= 0.3 is 0 Å². The van der Waals surface area contributed by atoms with E-state index in [1.54, 1.807) is 18.6 Å². The van der Waals surface area contributed by atoms with Crippen molar-refractivity contribution in [2.45, 2.75) is 32.7 Å². The van der Waals surface area contributed by atoms with E-state index in [4.69, 9.17) is 11.6 Å². The molecule has 0 aliphatic carbocycles. The molecule has 2 heterocycles. The lowest BCUT2D eigenvalue weighted by molar-refractivity contribution is 0.515. The van der Waals surface area contributed by atoms with E-state index in [0.29, 0.717) is 5.02 Å². The molecule has 0 saturated carbocycles. The Morgan fingerprint density at radius 1 is 1.30 bits per heavy atom. The number of hydrogen-bond donors (Lipinski definition) is 1. The van der Waals surface area contributed by atoms with Gasteiger partial charge in [-0.25, -0.2) is 9.97 Å². The van der Waals surface area contributed by atoms with Crippen LogP contribution in [-0.2, 0) is 6.42 Å². The smallest absolute Gasteiger partial charge is 0.125 e. The fourth-order valence-corrected chi connectivity index (χ4v) is 2.25. The third-order valence-corrected chi connectivity index (χ3v) is 3.42. The first-order valence-corrected chi connectivity index (χ1v) is 7.19. The Hall–Kier alpha value is -1.52. The molecule has 0 saturated heterocycles. The van der Waals surface area contributed by atoms with Crippen LogP contribution in [0.4, 0.5) is 0 Å². The quantitative estimate of drug-likeness (QED) is 0.888. The van der Waals surface area contributed by atoms with Gasteiger partial charge in [0.15, 0.2) is 0 Å². The summed E-state index contributed by atoms with van der Waals surface area (Å²) in [5.74, 6) is 0.784. The lowest BCUT2D eigenvalue weighted by atomic mass is 10.0. The van der Waals surface area contributed by atoms with Gasteiger partial charge in [-0.2, -0.15) is 0 Å². The lowest BCUT2D eigenvalue weighted by Crippen LogP contribution is -2.25. The second-order valence-corrected chi connectivity index (χ2v) is 5.11. The summed E-state index contributed by atoms with van der Waals surface area (Å²) in [7, 11) is 0. The van der Waals surface area contributed by atoms with Gasteiger partial charge in [-0.3, -0.25) is 4.98 Å². The molecule has 2 rings (SSSR count). The van der Waals surface area contributed by atoms with Crippen LogP contribution in [0.1, 0.15) is 36.5 Å². The SMILES string of the molecule is CCCNC(Cc1ccncc1Cl)c1ccnc(C)n1. The van der Waals surface area contributed by atoms with Gasteiger partial charge < -0.3 is 5.32 Å². The minimum Gasteiger partial charge on any atom is -0.308 e. The van der Waals surface area contributed by atoms with Gasteiger partial charge in [-0.15, -0.1) is 0 Å². The Bertz CT molecular complexity index is 559. The molecule has 2 aromatic rings. The summed E-state index contributed by atoms with van der Waals surface area (Å²) < 4.78 is 0. The van der Waals surface area contributed by atoms with Crippen molar-refractivity contribution in [2.75, 3.05) is 6.54 Å². The Labute approximate surface area is 124 Å². The van der Waals surface area contributed by atoms with Gasteiger partial charge in [0.25, 0.3) is 0 Å². The molecule has 0 aliphatic rings. The number of nitrogens with zero attached hydrogens (tertiary/aromatic N) is 3. The molecule has 4 nitrogen and oxygen atoms in total. The Morgan fingerprint density at radius 2 is 2.15 bits per heavy atom. The molecule has 1 atom stereocenters. The highest BCUT2D eigenvalue weighted by atomic mass is 35.5. The van der Waals surface area contributed by atoms with Crippen LogP contribution >= 0.6 is 11.6 Å². The maximum Gasteiger partial charge on any atom is 0.125 e. The number of pyridine rings is 1. The second kappa shape index (κ2) is 7.31. The maximum absolute atomic E-state index is 6.20. The van der Waals surface area contributed by atoms with Crippen LogP contribution in [0.2, 0.25) is 5.02 Å². The first-order valence-electron chi connectivity index (χ1n) is 6.82. The average Bonchev–Trinajstić information content (AvgIpc) is 2.45. The monoisotopic (exact) mass is 290 g/mol. The normalized spacial score (nSPS) is 12.3. The predicted octanol–water partition coefficient (Wildman–Crippen LogP) is 3.12. The zero-order valence-electron chi connectivity index (χ0n) is 11.8. The van der Waals surface area contributed by atoms with Crippen molar-refractivity contribution in [2.24, 2.45) is 0 Å². The number of aryl methyl sites for hydroxylation is 1. The van der Waals surface area contributed by atoms with E-state index in [9.17, 15) is 0 Å². The van der Waals surface area contributed by atoms with Crippen molar-refractivity contribution in [3.8, 4) is 0 Å². The summed E-state index contributed by atoms with van der Waals surface area (Å²) in [6.07, 6.45) is 7.11. The summed E-state index contributed by atoms with van der Waals surface area (Å²) in [5.41, 5.74) is 2.07. The minimum atomic E-state index is 0.136. The first-order chi connectivity index (χ1) is 9.70. The highest BCUT2D eigenvalue weighted by molar-refractivity contribution is 6.31. The average molecular weight is 291 g/mol. The van der Waals surface area contributed by atoms with Crippen molar-refractivity contribution in [1.82, 2.24) is 20.3 Å². The van der Waals surface area contributed by atoms with Gasteiger partial charge in [0.1, 0.15) is 5.82 Å². The highest BCUT2D eigenvalue weighted by Gasteiger charge is 2.15. The van der Waals surface area contributed by atoms with Crippen LogP contribution in [0, 0.1) is 6.92 Å². The van der Waals surface area contributed by atoms with E-state index >= 15 is 0 Å².